The molecule has 0 aliphatic carbocycles. The van der Waals surface area contributed by atoms with Crippen molar-refractivity contribution in [2.75, 3.05) is 0 Å². The van der Waals surface area contributed by atoms with E-state index < -0.39 is 0 Å². The van der Waals surface area contributed by atoms with Gasteiger partial charge in [-0.15, -0.1) is 0 Å². The van der Waals surface area contributed by atoms with E-state index in [1.165, 1.54) is 57.8 Å². The molecule has 9 rings (SSSR count). The van der Waals surface area contributed by atoms with Crippen molar-refractivity contribution in [2.45, 2.75) is 327 Å². The van der Waals surface area contributed by atoms with Gasteiger partial charge in [-0.3, -0.25) is 0 Å². The molecule has 0 fully saturated rings. The van der Waals surface area contributed by atoms with Crippen molar-refractivity contribution >= 4 is 44.1 Å². The molecule has 5 heterocycles. The monoisotopic (exact) mass is 1310 g/mol. The Labute approximate surface area is 579 Å². The average molecular weight is 1310 g/mol. The third-order valence-electron chi connectivity index (χ3n) is 9.04. The van der Waals surface area contributed by atoms with Crippen LogP contribution in [0.2, 0.25) is 0 Å². The number of benzene rings is 4. The van der Waals surface area contributed by atoms with E-state index >= 15 is 0 Å². The normalized spacial score (nSPS) is 8.00. The summed E-state index contributed by atoms with van der Waals surface area (Å²) in [6.07, 6.45) is 11.9. The number of rotatable bonds is 4. The largest absolute Gasteiger partial charge is 2.00 e. The van der Waals surface area contributed by atoms with Crippen molar-refractivity contribution in [3.8, 4) is 45.6 Å². The van der Waals surface area contributed by atoms with Crippen molar-refractivity contribution in [1.82, 2.24) is 39.9 Å². The summed E-state index contributed by atoms with van der Waals surface area (Å²) >= 11 is 0. The second-order valence-electron chi connectivity index (χ2n) is 17.9. The Hall–Kier alpha value is -5.24. The van der Waals surface area contributed by atoms with Gasteiger partial charge in [0.15, 0.2) is 0 Å². The molecule has 0 saturated carbocycles. The molecule has 7 aromatic rings. The second kappa shape index (κ2) is 85.8. The maximum atomic E-state index is 4.95. The van der Waals surface area contributed by atoms with Crippen LogP contribution in [0.3, 0.4) is 0 Å². The quantitative estimate of drug-likeness (QED) is 0.160. The molecule has 9 heteroatoms. The molecular weight excluding hydrogens is 1150 g/mol. The molecule has 537 valence electrons. The molecule has 90 heavy (non-hydrogen) atoms. The smallest absolute Gasteiger partial charge is 0.357 e. The van der Waals surface area contributed by atoms with E-state index in [4.69, 9.17) is 39.9 Å². The predicted octanol–water partition coefficient (Wildman–Crippen LogP) is 30.9. The van der Waals surface area contributed by atoms with Crippen molar-refractivity contribution in [2.24, 2.45) is 11.8 Å². The van der Waals surface area contributed by atoms with Crippen molar-refractivity contribution in [1.29, 1.82) is 0 Å². The minimum absolute atomic E-state index is 0. The molecule has 2 aliphatic heterocycles. The predicted molar refractivity (Wildman–Crippen MR) is 431 cm³/mol. The SMILES string of the molecule is C.C.C.C.C.C.C.C.C.C.C.C.CC.CC.CC.CC.CC.CC(C)C.CC(C)C.CCC.CCC.CCCC.CCCC.CCCCC.[Cu+2].c1ccc2c(c1)-c1nc-2nc2[n-]c(nc3nc(nc4[n-]c(n1)c1ccccc41)-c1ccccc1-3)c1ccccc21. The summed E-state index contributed by atoms with van der Waals surface area (Å²) in [6.45, 7) is 54.6. The molecule has 0 unspecified atom stereocenters. The van der Waals surface area contributed by atoms with Crippen LogP contribution in [0.4, 0.5) is 0 Å². The molecule has 0 atom stereocenters. The third kappa shape index (κ3) is 48.5. The molecular formula is C81H162CuN8. The molecule has 1 radical (unpaired) electrons. The van der Waals surface area contributed by atoms with Crippen molar-refractivity contribution in [3.63, 3.8) is 0 Å². The van der Waals surface area contributed by atoms with Gasteiger partial charge in [0.1, 0.15) is 0 Å². The standard InChI is InChI=1S/C32H16N8.C5H12.4C4H10.2C3H8.5C2H6.12CH4.Cu/c1-2-10-18-17(9-1)25-33-26(18)38-28-21-13-5-6-14-22(21)30(35-28)40-32-24-16-8-7-15-23(24)31(36-32)39-29-20-12-4-3-11-19(20)27(34-29)37-25;1-3-5-4-2;2*1-4(2)3;2*1-3-4-2;2*1-3-2;5*1-2;;;;;;;;;;;;;/h1-16H;3-5H2,1-2H3;2*4H,1-3H3;2*3-4H2,1-2H3;2*3H2,1-2H3;5*1-2H3;12*1H4;/q-2;;;;;;;;;;;;;;;;;;;;;;;;;+2. The van der Waals surface area contributed by atoms with E-state index in [0.717, 1.165) is 55.6 Å². The summed E-state index contributed by atoms with van der Waals surface area (Å²) in [5.74, 6) is 3.87. The Kier molecular flexibility index (Phi) is 123. The fraction of sp³-hybridized carbons (Fsp3) is 0.605. The van der Waals surface area contributed by atoms with Crippen molar-refractivity contribution in [3.05, 3.63) is 97.1 Å². The molecule has 8 bridgehead atoms. The molecule has 3 aromatic heterocycles. The first-order valence-corrected chi connectivity index (χ1v) is 30.4. The Morgan fingerprint density at radius 2 is 0.411 bits per heavy atom. The van der Waals surface area contributed by atoms with E-state index in [9.17, 15) is 0 Å². The number of nitrogens with zero attached hydrogens (tertiary/aromatic N) is 8. The average Bonchev–Trinajstić information content (AvgIpc) is 4.20. The van der Waals surface area contributed by atoms with E-state index in [-0.39, 0.29) is 106 Å². The number of hydrogen-bond donors (Lipinski definition) is 0. The van der Waals surface area contributed by atoms with Crippen LogP contribution in [-0.4, -0.2) is 29.9 Å². The number of fused-ring (bicyclic) bond motifs is 20. The zero-order valence-corrected chi connectivity index (χ0v) is 55.6. The zero-order chi connectivity index (χ0) is 59.7. The summed E-state index contributed by atoms with van der Waals surface area (Å²) in [6, 6.07) is 31.8. The van der Waals surface area contributed by atoms with Gasteiger partial charge in [0.2, 0.25) is 0 Å². The van der Waals surface area contributed by atoms with Crippen LogP contribution in [0.5, 0.6) is 0 Å². The van der Waals surface area contributed by atoms with Crippen LogP contribution in [0, 0.1) is 11.8 Å². The van der Waals surface area contributed by atoms with Gasteiger partial charge in [0.05, 0.1) is 23.3 Å². The fourth-order valence-electron chi connectivity index (χ4n) is 5.81. The number of hydrogen-bond acceptors (Lipinski definition) is 6. The van der Waals surface area contributed by atoms with Gasteiger partial charge >= 0.3 is 17.1 Å². The molecule has 8 nitrogen and oxygen atoms in total. The molecule has 2 aliphatic rings. The molecule has 4 aromatic carbocycles. The maximum Gasteiger partial charge on any atom is 2.00 e. The fourth-order valence-corrected chi connectivity index (χ4v) is 5.81. The molecule has 0 saturated heterocycles. The minimum atomic E-state index is 0. The Bertz CT molecular complexity index is 2280. The Balaban J connectivity index is -0.0000000608. The van der Waals surface area contributed by atoms with Crippen LogP contribution in [0.25, 0.3) is 89.7 Å². The van der Waals surface area contributed by atoms with E-state index in [2.05, 4.69) is 111 Å². The van der Waals surface area contributed by atoms with Crippen LogP contribution >= 0.6 is 0 Å². The first kappa shape index (κ1) is 130. The van der Waals surface area contributed by atoms with Gasteiger partial charge in [-0.1, -0.05) is 424 Å². The Morgan fingerprint density at radius 3 is 0.533 bits per heavy atom. The maximum absolute atomic E-state index is 4.95. The van der Waals surface area contributed by atoms with Gasteiger partial charge in [-0.2, -0.15) is 0 Å². The van der Waals surface area contributed by atoms with Gasteiger partial charge < -0.3 is 29.9 Å². The van der Waals surface area contributed by atoms with Crippen LogP contribution in [0.15, 0.2) is 97.1 Å². The summed E-state index contributed by atoms with van der Waals surface area (Å²) in [5, 5.41) is 3.57. The van der Waals surface area contributed by atoms with E-state index in [1.807, 2.05) is 166 Å². The summed E-state index contributed by atoms with van der Waals surface area (Å²) < 4.78 is 0. The van der Waals surface area contributed by atoms with Crippen LogP contribution in [-0.2, 0) is 17.1 Å². The molecule has 0 amide bonds. The Morgan fingerprint density at radius 1 is 0.267 bits per heavy atom. The number of aromatic nitrogens is 8. The van der Waals surface area contributed by atoms with Gasteiger partial charge in [-0.25, -0.2) is 9.97 Å². The summed E-state index contributed by atoms with van der Waals surface area (Å²) in [7, 11) is 0. The second-order valence-corrected chi connectivity index (χ2v) is 17.9. The summed E-state index contributed by atoms with van der Waals surface area (Å²) in [4.78, 5) is 39.3. The molecule has 0 spiro atoms. The molecule has 0 N–H and O–H groups in total. The minimum Gasteiger partial charge on any atom is -0.357 e. The van der Waals surface area contributed by atoms with Crippen LogP contribution < -0.4 is 9.97 Å². The number of unbranched alkanes of at least 4 members (excludes halogenated alkanes) is 4. The van der Waals surface area contributed by atoms with Crippen molar-refractivity contribution < 1.29 is 17.1 Å². The topological polar surface area (TPSA) is 106 Å². The van der Waals surface area contributed by atoms with E-state index in [0.29, 0.717) is 45.9 Å². The van der Waals surface area contributed by atoms with Gasteiger partial charge in [0, 0.05) is 44.8 Å². The van der Waals surface area contributed by atoms with Gasteiger partial charge in [0.25, 0.3) is 0 Å². The van der Waals surface area contributed by atoms with Crippen LogP contribution in [0.1, 0.15) is 327 Å². The zero-order valence-electron chi connectivity index (χ0n) is 54.6. The third-order valence-corrected chi connectivity index (χ3v) is 9.04. The van der Waals surface area contributed by atoms with E-state index in [1.54, 1.807) is 0 Å². The summed E-state index contributed by atoms with van der Waals surface area (Å²) in [5.41, 5.74) is 5.78. The van der Waals surface area contributed by atoms with Gasteiger partial charge in [-0.05, 0) is 33.4 Å². The first-order chi connectivity index (χ1) is 37.3. The first-order valence-electron chi connectivity index (χ1n) is 30.4.